The summed E-state index contributed by atoms with van der Waals surface area (Å²) in [6.45, 7) is 0. The molecule has 2 fully saturated rings. The average molecular weight is 278 g/mol. The minimum atomic E-state index is -0.481. The van der Waals surface area contributed by atoms with Crippen LogP contribution in [0.25, 0.3) is 0 Å². The van der Waals surface area contributed by atoms with Crippen LogP contribution in [-0.2, 0) is 23.9 Å². The van der Waals surface area contributed by atoms with E-state index in [-0.39, 0.29) is 17.6 Å². The number of rotatable bonds is 1. The predicted octanol–water partition coefficient (Wildman–Crippen LogP) is 1.41. The number of cyclic esters (lactones) is 2. The third-order valence-corrected chi connectivity index (χ3v) is 4.75. The van der Waals surface area contributed by atoms with Crippen LogP contribution in [0.15, 0.2) is 11.6 Å². The van der Waals surface area contributed by atoms with Gasteiger partial charge in [-0.05, 0) is 31.6 Å². The first-order valence-corrected chi connectivity index (χ1v) is 7.11. The molecule has 0 amide bonds. The van der Waals surface area contributed by atoms with Crippen molar-refractivity contribution in [3.05, 3.63) is 11.6 Å². The summed E-state index contributed by atoms with van der Waals surface area (Å²) < 4.78 is 10.1. The van der Waals surface area contributed by atoms with Gasteiger partial charge in [0.2, 0.25) is 0 Å². The molecule has 3 rings (SSSR count). The Morgan fingerprint density at radius 2 is 1.95 bits per heavy atom. The van der Waals surface area contributed by atoms with Crippen LogP contribution in [-0.4, -0.2) is 30.9 Å². The number of methoxy groups -OCH3 is 1. The molecule has 0 aromatic heterocycles. The van der Waals surface area contributed by atoms with Gasteiger partial charge in [-0.15, -0.1) is 0 Å². The van der Waals surface area contributed by atoms with Crippen LogP contribution in [0, 0.1) is 17.8 Å². The molecular formula is C15H18O5. The fourth-order valence-electron chi connectivity index (χ4n) is 3.70. The molecular weight excluding hydrogens is 260 g/mol. The summed E-state index contributed by atoms with van der Waals surface area (Å²) in [6.07, 6.45) is 4.75. The van der Waals surface area contributed by atoms with E-state index in [0.717, 1.165) is 12.8 Å². The molecule has 20 heavy (non-hydrogen) atoms. The van der Waals surface area contributed by atoms with Crippen molar-refractivity contribution < 1.29 is 23.9 Å². The van der Waals surface area contributed by atoms with Crippen molar-refractivity contribution in [2.24, 2.45) is 17.8 Å². The van der Waals surface area contributed by atoms with Crippen molar-refractivity contribution in [3.63, 3.8) is 0 Å². The van der Waals surface area contributed by atoms with Crippen molar-refractivity contribution >= 4 is 17.7 Å². The maximum atomic E-state index is 12.0. The third kappa shape index (κ3) is 2.10. The molecule has 1 heterocycles. The minimum Gasteiger partial charge on any atom is -0.393 e. The number of hydrogen-bond donors (Lipinski definition) is 0. The zero-order valence-corrected chi connectivity index (χ0v) is 11.5. The highest BCUT2D eigenvalue weighted by Gasteiger charge is 2.51. The molecule has 0 radical (unpaired) electrons. The Labute approximate surface area is 117 Å². The largest absolute Gasteiger partial charge is 0.393 e. The van der Waals surface area contributed by atoms with Crippen LogP contribution in [0.1, 0.15) is 32.1 Å². The van der Waals surface area contributed by atoms with Gasteiger partial charge in [0, 0.05) is 13.5 Å². The van der Waals surface area contributed by atoms with E-state index in [4.69, 9.17) is 9.47 Å². The normalized spacial score (nSPS) is 37.5. The first-order chi connectivity index (χ1) is 9.61. The van der Waals surface area contributed by atoms with E-state index in [9.17, 15) is 14.4 Å². The number of hydrogen-bond acceptors (Lipinski definition) is 5. The summed E-state index contributed by atoms with van der Waals surface area (Å²) in [5, 5.41) is 0. The number of ether oxygens (including phenoxy) is 2. The molecule has 2 aliphatic carbocycles. The fraction of sp³-hybridized carbons (Fsp3) is 0.667. The SMILES string of the molecule is CO[C@H]1C[C@@H]2C(=CC[C@@H]3C(=O)OC(=O)[C@@H]32)CCCC1=O. The maximum Gasteiger partial charge on any atom is 0.318 e. The Hall–Kier alpha value is -1.49. The van der Waals surface area contributed by atoms with Crippen molar-refractivity contribution in [1.82, 2.24) is 0 Å². The van der Waals surface area contributed by atoms with E-state index in [1.54, 1.807) is 0 Å². The molecule has 0 aromatic rings. The Kier molecular flexibility index (Phi) is 3.46. The molecule has 1 saturated heterocycles. The van der Waals surface area contributed by atoms with Crippen molar-refractivity contribution in [2.45, 2.75) is 38.2 Å². The lowest BCUT2D eigenvalue weighted by atomic mass is 9.68. The second-order valence-corrected chi connectivity index (χ2v) is 5.77. The van der Waals surface area contributed by atoms with Crippen LogP contribution in [0.2, 0.25) is 0 Å². The number of ketones is 1. The molecule has 1 aliphatic heterocycles. The van der Waals surface area contributed by atoms with Crippen LogP contribution in [0.3, 0.4) is 0 Å². The van der Waals surface area contributed by atoms with Gasteiger partial charge in [0.25, 0.3) is 0 Å². The van der Waals surface area contributed by atoms with Crippen molar-refractivity contribution in [1.29, 1.82) is 0 Å². The predicted molar refractivity (Wildman–Crippen MR) is 68.5 cm³/mol. The highest BCUT2D eigenvalue weighted by molar-refractivity contribution is 5.97. The van der Waals surface area contributed by atoms with Gasteiger partial charge in [-0.1, -0.05) is 11.6 Å². The monoisotopic (exact) mass is 278 g/mol. The van der Waals surface area contributed by atoms with E-state index >= 15 is 0 Å². The minimum absolute atomic E-state index is 0.0892. The van der Waals surface area contributed by atoms with Crippen molar-refractivity contribution in [2.75, 3.05) is 7.11 Å². The topological polar surface area (TPSA) is 69.7 Å². The molecule has 5 heteroatoms. The average Bonchev–Trinajstić information content (AvgIpc) is 2.70. The Morgan fingerprint density at radius 1 is 1.15 bits per heavy atom. The fourth-order valence-corrected chi connectivity index (χ4v) is 3.70. The zero-order valence-electron chi connectivity index (χ0n) is 11.5. The molecule has 5 nitrogen and oxygen atoms in total. The van der Waals surface area contributed by atoms with Gasteiger partial charge in [0.15, 0.2) is 5.78 Å². The number of carbonyl (C=O) groups is 3. The van der Waals surface area contributed by atoms with Crippen molar-refractivity contribution in [3.8, 4) is 0 Å². The summed E-state index contributed by atoms with van der Waals surface area (Å²) in [5.74, 6) is -1.65. The van der Waals surface area contributed by atoms with Gasteiger partial charge >= 0.3 is 11.9 Å². The number of fused-ring (bicyclic) bond motifs is 3. The van der Waals surface area contributed by atoms with Gasteiger partial charge < -0.3 is 9.47 Å². The van der Waals surface area contributed by atoms with Crippen LogP contribution < -0.4 is 0 Å². The van der Waals surface area contributed by atoms with E-state index in [1.807, 2.05) is 0 Å². The van der Waals surface area contributed by atoms with Crippen LogP contribution in [0.5, 0.6) is 0 Å². The molecule has 1 saturated carbocycles. The zero-order chi connectivity index (χ0) is 14.3. The lowest BCUT2D eigenvalue weighted by molar-refractivity contribution is -0.154. The second-order valence-electron chi connectivity index (χ2n) is 5.77. The summed E-state index contributed by atoms with van der Waals surface area (Å²) >= 11 is 0. The first-order valence-electron chi connectivity index (χ1n) is 7.11. The number of Topliss-reactive ketones (excluding diaryl/α,β-unsaturated/α-hetero) is 1. The van der Waals surface area contributed by atoms with E-state index in [1.165, 1.54) is 12.7 Å². The molecule has 3 aliphatic rings. The van der Waals surface area contributed by atoms with Gasteiger partial charge in [-0.2, -0.15) is 0 Å². The second kappa shape index (κ2) is 5.13. The molecule has 0 unspecified atom stereocenters. The van der Waals surface area contributed by atoms with Gasteiger partial charge in [0.05, 0.1) is 11.8 Å². The molecule has 0 N–H and O–H groups in total. The van der Waals surface area contributed by atoms with E-state index < -0.39 is 24.0 Å². The molecule has 0 spiro atoms. The van der Waals surface area contributed by atoms with E-state index in [0.29, 0.717) is 19.3 Å². The third-order valence-electron chi connectivity index (χ3n) is 4.75. The highest BCUT2D eigenvalue weighted by atomic mass is 16.6. The Balaban J connectivity index is 1.92. The smallest absolute Gasteiger partial charge is 0.318 e. The lowest BCUT2D eigenvalue weighted by Crippen LogP contribution is -2.37. The van der Waals surface area contributed by atoms with Crippen LogP contribution in [0.4, 0.5) is 0 Å². The van der Waals surface area contributed by atoms with Gasteiger partial charge in [-0.25, -0.2) is 0 Å². The highest BCUT2D eigenvalue weighted by Crippen LogP contribution is 2.45. The van der Waals surface area contributed by atoms with Crippen LogP contribution >= 0.6 is 0 Å². The molecule has 4 atom stereocenters. The number of allylic oxidation sites excluding steroid dienone is 2. The summed E-state index contributed by atoms with van der Waals surface area (Å²) in [5.41, 5.74) is 1.19. The number of esters is 2. The maximum absolute atomic E-state index is 12.0. The lowest BCUT2D eigenvalue weighted by Gasteiger charge is -2.34. The summed E-state index contributed by atoms with van der Waals surface area (Å²) in [7, 11) is 1.52. The Bertz CT molecular complexity index is 492. The van der Waals surface area contributed by atoms with Gasteiger partial charge in [0.1, 0.15) is 6.10 Å². The standard InChI is InChI=1S/C15H18O5/c1-19-12-7-10-8(3-2-4-11(12)16)5-6-9-13(10)15(18)20-14(9)17/h5,9-10,12-13H,2-4,6-7H2,1H3/t9-,10+,12-,13-/m0/s1. The molecule has 0 bridgehead atoms. The molecule has 108 valence electrons. The quantitative estimate of drug-likeness (QED) is 0.412. The first kappa shape index (κ1) is 13.5. The number of carbonyl (C=O) groups excluding carboxylic acids is 3. The van der Waals surface area contributed by atoms with Gasteiger partial charge in [-0.3, -0.25) is 14.4 Å². The summed E-state index contributed by atoms with van der Waals surface area (Å²) in [6, 6.07) is 0. The Morgan fingerprint density at radius 3 is 2.70 bits per heavy atom. The van der Waals surface area contributed by atoms with E-state index in [2.05, 4.69) is 6.08 Å². The molecule has 0 aromatic carbocycles. The summed E-state index contributed by atoms with van der Waals surface area (Å²) in [4.78, 5) is 35.6.